The maximum Gasteiger partial charge on any atom is 0.481 e. The lowest BCUT2D eigenvalue weighted by Gasteiger charge is -2.20. The van der Waals surface area contributed by atoms with Gasteiger partial charge in [0.15, 0.2) is 41.7 Å². The van der Waals surface area contributed by atoms with Gasteiger partial charge in [0.25, 0.3) is 12.1 Å². The number of aliphatic hydroxyl groups excluding tert-OH is 4. The fourth-order valence-corrected chi connectivity index (χ4v) is 6.91. The van der Waals surface area contributed by atoms with Crippen molar-refractivity contribution in [3.63, 3.8) is 0 Å². The number of carbonyl (C=O) groups is 1. The number of aliphatic hydroxyl groups is 4. The molecule has 21 nitrogen and oxygen atoms in total. The smallest absolute Gasteiger partial charge is 0.387 e. The van der Waals surface area contributed by atoms with Crippen LogP contribution in [0.1, 0.15) is 22.8 Å². The van der Waals surface area contributed by atoms with E-state index in [0.717, 1.165) is 0 Å². The average molecular weight is 702 g/mol. The zero-order valence-corrected chi connectivity index (χ0v) is 25.7. The lowest BCUT2D eigenvalue weighted by Crippen LogP contribution is -2.46. The number of phosphoric ester groups is 2. The van der Waals surface area contributed by atoms with Gasteiger partial charge < -0.3 is 50.7 Å². The highest BCUT2D eigenvalue weighted by Gasteiger charge is 2.50. The van der Waals surface area contributed by atoms with Crippen LogP contribution in [-0.2, 0) is 32.0 Å². The fraction of sp³-hybridized carbons (Fsp3) is 0.458. The van der Waals surface area contributed by atoms with Crippen LogP contribution < -0.4 is 15.6 Å². The Labute approximate surface area is 264 Å². The highest BCUT2D eigenvalue weighted by atomic mass is 31.3. The van der Waals surface area contributed by atoms with Crippen LogP contribution in [-0.4, -0.2) is 112 Å². The van der Waals surface area contributed by atoms with Gasteiger partial charge in [0.05, 0.1) is 26.1 Å². The number of hydrogen-bond donors (Lipinski definition) is 8. The minimum Gasteiger partial charge on any atom is -0.387 e. The molecule has 3 aromatic rings. The molecule has 2 saturated heterocycles. The maximum absolute atomic E-state index is 12.5. The Bertz CT molecular complexity index is 1760. The van der Waals surface area contributed by atoms with Crippen LogP contribution in [0.3, 0.4) is 0 Å². The van der Waals surface area contributed by atoms with Crippen molar-refractivity contribution in [3.8, 4) is 12.3 Å². The van der Waals surface area contributed by atoms with Crippen LogP contribution in [0.25, 0.3) is 11.2 Å². The van der Waals surface area contributed by atoms with Crippen LogP contribution in [0, 0.1) is 12.3 Å². The summed E-state index contributed by atoms with van der Waals surface area (Å²) in [5.41, 5.74) is 5.79. The molecule has 0 saturated carbocycles. The predicted molar refractivity (Wildman–Crippen MR) is 152 cm³/mol. The van der Waals surface area contributed by atoms with E-state index in [0.29, 0.717) is 5.82 Å². The number of nitrogens with two attached hydrogens (primary N) is 1. The molecule has 0 bridgehead atoms. The minimum atomic E-state index is -5.39. The Balaban J connectivity index is 1.16. The van der Waals surface area contributed by atoms with E-state index in [2.05, 4.69) is 30.5 Å². The Kier molecular flexibility index (Phi) is 10.4. The van der Waals surface area contributed by atoms with Gasteiger partial charge in [0.1, 0.15) is 42.4 Å². The van der Waals surface area contributed by atoms with Crippen molar-refractivity contribution in [2.75, 3.05) is 25.1 Å². The second-order valence-electron chi connectivity index (χ2n) is 10.2. The van der Waals surface area contributed by atoms with E-state index in [1.54, 1.807) is 0 Å². The van der Waals surface area contributed by atoms with E-state index in [1.165, 1.54) is 46.3 Å². The number of nitrogens with one attached hydrogen (secondary N) is 1. The van der Waals surface area contributed by atoms with Gasteiger partial charge in [-0.2, -0.15) is 8.88 Å². The number of phosphoric acid groups is 2. The Morgan fingerprint density at radius 1 is 1.04 bits per heavy atom. The van der Waals surface area contributed by atoms with Crippen LogP contribution in [0.2, 0.25) is 0 Å². The van der Waals surface area contributed by atoms with Crippen molar-refractivity contribution in [2.45, 2.75) is 49.1 Å². The van der Waals surface area contributed by atoms with Crippen molar-refractivity contribution >= 4 is 38.5 Å². The highest BCUT2D eigenvalue weighted by molar-refractivity contribution is 7.61. The number of pyridine rings is 1. The van der Waals surface area contributed by atoms with Crippen LogP contribution >= 0.6 is 15.6 Å². The zero-order valence-electron chi connectivity index (χ0n) is 23.9. The molecule has 0 aliphatic carbocycles. The molecule has 0 spiro atoms. The lowest BCUT2D eigenvalue weighted by atomic mass is 10.1. The van der Waals surface area contributed by atoms with Crippen LogP contribution in [0.15, 0.2) is 37.2 Å². The summed E-state index contributed by atoms with van der Waals surface area (Å²) in [5.74, 6) is 1.92. The van der Waals surface area contributed by atoms with Crippen molar-refractivity contribution in [3.05, 3.63) is 42.7 Å². The Morgan fingerprint density at radius 2 is 1.70 bits per heavy atom. The second kappa shape index (κ2) is 14.0. The molecule has 2 aliphatic rings. The fourth-order valence-electron chi connectivity index (χ4n) is 4.82. The number of anilines is 1. The summed E-state index contributed by atoms with van der Waals surface area (Å²) in [4.78, 5) is 43.9. The largest absolute Gasteiger partial charge is 0.481 e. The monoisotopic (exact) mass is 702 g/mol. The van der Waals surface area contributed by atoms with E-state index in [9.17, 15) is 44.1 Å². The third-order valence-corrected chi connectivity index (χ3v) is 9.68. The number of terminal acetylenes is 1. The number of imidazole rings is 1. The number of nitrogens with zero attached hydrogens (tertiary/aromatic N) is 5. The molecule has 5 heterocycles. The minimum absolute atomic E-state index is 0.0675. The summed E-state index contributed by atoms with van der Waals surface area (Å²) in [6, 6.07) is 2.83. The summed E-state index contributed by atoms with van der Waals surface area (Å²) in [5, 5.41) is 44.8. The molecule has 47 heavy (non-hydrogen) atoms. The number of carbonyl (C=O) groups excluding carboxylic acids is 1. The first-order chi connectivity index (χ1) is 22.2. The zero-order chi connectivity index (χ0) is 34.1. The number of fused-ring (bicyclic) bond motifs is 1. The van der Waals surface area contributed by atoms with Crippen LogP contribution in [0.4, 0.5) is 5.82 Å². The molecular weight excluding hydrogens is 672 g/mol. The molecule has 0 aromatic carbocycles. The molecule has 2 aliphatic heterocycles. The summed E-state index contributed by atoms with van der Waals surface area (Å²) in [6.45, 7) is -1.67. The van der Waals surface area contributed by atoms with Gasteiger partial charge in [0, 0.05) is 6.07 Å². The van der Waals surface area contributed by atoms with E-state index >= 15 is 0 Å². The van der Waals surface area contributed by atoms with Gasteiger partial charge in [-0.3, -0.25) is 18.4 Å². The molecule has 1 amide bonds. The Hall–Kier alpha value is -3.45. The van der Waals surface area contributed by atoms with Gasteiger partial charge in [-0.1, -0.05) is 5.92 Å². The second-order valence-corrected chi connectivity index (χ2v) is 13.3. The number of rotatable bonds is 13. The third kappa shape index (κ3) is 7.66. The van der Waals surface area contributed by atoms with Gasteiger partial charge in [0.2, 0.25) is 0 Å². The van der Waals surface area contributed by atoms with E-state index in [4.69, 9.17) is 30.7 Å². The lowest BCUT2D eigenvalue weighted by molar-refractivity contribution is -0.765. The standard InChI is InChI=1S/C24H29N7O14P2/c1-2-5-26-21-15-22(28-10-27-21)31(11-29-15)24-19(35)17(33)14(44-24)9-42-47(39,40)45-46(37,38)41-8-13-16(32)18(34)23(43-13)30-6-3-4-12(7-30)20(25)36/h1,3-4,6-7,10-11,13-14,16-19,23-24,32-35H,5,8-9H2,(H4-,25,26,27,28,36,37,38,39,40)/p+1. The first-order valence-electron chi connectivity index (χ1n) is 13.6. The van der Waals surface area contributed by atoms with Gasteiger partial charge in [-0.05, 0) is 6.07 Å². The SMILES string of the molecule is C#CCNc1ncnc2c1ncn2C1OC(COP(=O)(O)OP(=O)(O)OCC2OC([n+]3cccc(C(N)=O)c3)C(O)C2O)C(O)C1O. The third-order valence-electron chi connectivity index (χ3n) is 7.08. The van der Waals surface area contributed by atoms with Crippen molar-refractivity contribution < 1.29 is 71.5 Å². The molecule has 10 unspecified atom stereocenters. The average Bonchev–Trinajstić information content (AvgIpc) is 3.67. The topological polar surface area (TPSA) is 304 Å². The first kappa shape index (κ1) is 34.9. The highest BCUT2D eigenvalue weighted by Crippen LogP contribution is 2.60. The normalized spacial score (nSPS) is 30.1. The number of hydrogen-bond acceptors (Lipinski definition) is 16. The molecule has 23 heteroatoms. The summed E-state index contributed by atoms with van der Waals surface area (Å²) in [6.07, 6.45) is -1.57. The van der Waals surface area contributed by atoms with E-state index < -0.39 is 83.8 Å². The van der Waals surface area contributed by atoms with Gasteiger partial charge >= 0.3 is 15.6 Å². The molecule has 3 aromatic heterocycles. The van der Waals surface area contributed by atoms with Crippen molar-refractivity contribution in [1.29, 1.82) is 0 Å². The quantitative estimate of drug-likeness (QED) is 0.0516. The van der Waals surface area contributed by atoms with Gasteiger partial charge in [-0.15, -0.1) is 6.42 Å². The van der Waals surface area contributed by atoms with E-state index in [1.807, 2.05) is 0 Å². The molecule has 2 fully saturated rings. The number of aromatic nitrogens is 5. The molecule has 9 N–H and O–H groups in total. The molecule has 5 rings (SSSR count). The summed E-state index contributed by atoms with van der Waals surface area (Å²) >= 11 is 0. The molecule has 0 radical (unpaired) electrons. The van der Waals surface area contributed by atoms with Gasteiger partial charge in [-0.25, -0.2) is 24.1 Å². The number of amides is 1. The number of primary amides is 1. The van der Waals surface area contributed by atoms with Crippen molar-refractivity contribution in [1.82, 2.24) is 19.5 Å². The van der Waals surface area contributed by atoms with Crippen LogP contribution in [0.5, 0.6) is 0 Å². The van der Waals surface area contributed by atoms with E-state index in [-0.39, 0.29) is 23.3 Å². The summed E-state index contributed by atoms with van der Waals surface area (Å²) in [7, 11) is -10.8. The predicted octanol–water partition coefficient (Wildman–Crippen LogP) is -2.55. The maximum atomic E-state index is 12.5. The summed E-state index contributed by atoms with van der Waals surface area (Å²) < 4.78 is 52.4. The molecule has 254 valence electrons. The van der Waals surface area contributed by atoms with Crippen molar-refractivity contribution in [2.24, 2.45) is 5.73 Å². The molecular formula is C24H30N7O14P2+. The number of ether oxygens (including phenoxy) is 2. The Morgan fingerprint density at radius 3 is 2.36 bits per heavy atom. The molecule has 10 atom stereocenters. The first-order valence-corrected chi connectivity index (χ1v) is 16.5.